The van der Waals surface area contributed by atoms with Crippen LogP contribution in [-0.2, 0) is 14.4 Å². The third kappa shape index (κ3) is 12.4. The lowest BCUT2D eigenvalue weighted by Gasteiger charge is -2.41. The Bertz CT molecular complexity index is 3630. The van der Waals surface area contributed by atoms with Crippen molar-refractivity contribution in [2.45, 2.75) is 89.2 Å². The highest BCUT2D eigenvalue weighted by Crippen LogP contribution is 2.43. The van der Waals surface area contributed by atoms with Gasteiger partial charge in [0, 0.05) is 69.3 Å². The largest absolute Gasteiger partial charge is 0.508 e. The first-order valence-corrected chi connectivity index (χ1v) is 28.7. The number of ether oxygens (including phenoxy) is 2. The van der Waals surface area contributed by atoms with E-state index in [-0.39, 0.29) is 128 Å². The highest BCUT2D eigenvalue weighted by Gasteiger charge is 2.44. The van der Waals surface area contributed by atoms with Gasteiger partial charge in [-0.1, -0.05) is 80.6 Å². The van der Waals surface area contributed by atoms with E-state index < -0.39 is 59.1 Å². The predicted octanol–water partition coefficient (Wildman–Crippen LogP) is 9.62. The number of aromatic hydroxyl groups is 1. The Hall–Kier alpha value is -7.84. The number of piperidine rings is 1. The molecule has 3 amide bonds. The molecule has 83 heavy (non-hydrogen) atoms. The van der Waals surface area contributed by atoms with Gasteiger partial charge >= 0.3 is 6.01 Å². The number of fused-ring (bicyclic) bond motifs is 2. The Kier molecular flexibility index (Phi) is 17.3. The summed E-state index contributed by atoms with van der Waals surface area (Å²) in [4.78, 5) is 61.9. The number of benzene rings is 4. The summed E-state index contributed by atoms with van der Waals surface area (Å²) in [5.74, 6) is -4.69. The number of halogens is 4. The van der Waals surface area contributed by atoms with Crippen LogP contribution in [0.1, 0.15) is 75.4 Å². The molecule has 3 aromatic heterocycles. The van der Waals surface area contributed by atoms with Crippen molar-refractivity contribution in [1.82, 2.24) is 40.1 Å². The molecule has 4 aromatic carbocycles. The second-order valence-electron chi connectivity index (χ2n) is 21.8. The minimum atomic E-state index is -1.75. The van der Waals surface area contributed by atoms with E-state index in [0.717, 1.165) is 21.7 Å². The first kappa shape index (κ1) is 58.4. The summed E-state index contributed by atoms with van der Waals surface area (Å²) < 4.78 is 65.5. The summed E-state index contributed by atoms with van der Waals surface area (Å²) in [7, 11) is 0. The number of nitrogens with one attached hydrogen (secondary N) is 1. The van der Waals surface area contributed by atoms with Crippen LogP contribution in [0.5, 0.6) is 17.6 Å². The van der Waals surface area contributed by atoms with Crippen molar-refractivity contribution in [3.8, 4) is 45.3 Å². The van der Waals surface area contributed by atoms with Crippen molar-refractivity contribution in [3.05, 3.63) is 119 Å². The summed E-state index contributed by atoms with van der Waals surface area (Å²) in [5, 5.41) is 39.7. The van der Waals surface area contributed by atoms with Gasteiger partial charge in [-0.25, -0.2) is 18.2 Å². The SMILES string of the molecule is C=C(F)C(=O)N1CCN(c2nc(OCCN3CCC(F)(COc4cc([C@H](C(=O)N5C[C@H](O)C[C@H]5C(=O)N[C@@H](C)c5ccc(-c6scnc6C)cc5)C(C)C)on4)CC3)nc3c(F)c(-c4cc(O)cc5ccccc45)c(Cl)cc23)C[C@@H]1CC#N. The van der Waals surface area contributed by atoms with Crippen LogP contribution in [0.3, 0.4) is 0 Å². The fourth-order valence-electron chi connectivity index (χ4n) is 11.4. The Morgan fingerprint density at radius 3 is 2.47 bits per heavy atom. The van der Waals surface area contributed by atoms with E-state index in [1.807, 2.05) is 56.9 Å². The van der Waals surface area contributed by atoms with Gasteiger partial charge in [0.25, 0.3) is 11.8 Å². The number of phenolic OH excluding ortho intramolecular Hbond substituents is 1. The third-order valence-electron chi connectivity index (χ3n) is 15.8. The number of phenols is 1. The number of aliphatic hydroxyl groups is 1. The number of β-amino-alcohol motifs (C(OH)–C–C–N with tert-alkyl or cyclic N) is 1. The zero-order valence-corrected chi connectivity index (χ0v) is 47.7. The van der Waals surface area contributed by atoms with Crippen LogP contribution < -0.4 is 19.7 Å². The lowest BCUT2D eigenvalue weighted by atomic mass is 9.91. The number of carbonyl (C=O) groups excluding carboxylic acids is 3. The van der Waals surface area contributed by atoms with Gasteiger partial charge in [0.1, 0.15) is 47.9 Å². The van der Waals surface area contributed by atoms with Gasteiger partial charge in [0.2, 0.25) is 11.8 Å². The second-order valence-corrected chi connectivity index (χ2v) is 23.0. The Balaban J connectivity index is 0.778. The fraction of sp³-hybridized carbons (Fsp3) is 0.400. The molecule has 10 rings (SSSR count). The van der Waals surface area contributed by atoms with Crippen molar-refractivity contribution in [3.63, 3.8) is 0 Å². The molecule has 0 bridgehead atoms. The number of alkyl halides is 1. The number of carbonyl (C=O) groups is 3. The van der Waals surface area contributed by atoms with Gasteiger partial charge in [-0.2, -0.15) is 15.2 Å². The summed E-state index contributed by atoms with van der Waals surface area (Å²) in [5.41, 5.74) is 3.03. The number of piperazine rings is 1. The molecular formula is C60H62ClF3N10O8S. The Morgan fingerprint density at radius 1 is 1.00 bits per heavy atom. The quantitative estimate of drug-likeness (QED) is 0.0681. The van der Waals surface area contributed by atoms with E-state index in [1.54, 1.807) is 52.1 Å². The van der Waals surface area contributed by atoms with Gasteiger partial charge in [-0.15, -0.1) is 11.3 Å². The van der Waals surface area contributed by atoms with E-state index in [4.69, 9.17) is 30.6 Å². The van der Waals surface area contributed by atoms with Crippen LogP contribution >= 0.6 is 22.9 Å². The molecule has 18 nitrogen and oxygen atoms in total. The van der Waals surface area contributed by atoms with Gasteiger partial charge in [-0.3, -0.25) is 19.3 Å². The molecule has 3 saturated heterocycles. The number of amides is 3. The van der Waals surface area contributed by atoms with Crippen LogP contribution in [0.4, 0.5) is 19.0 Å². The Morgan fingerprint density at radius 2 is 1.76 bits per heavy atom. The predicted molar refractivity (Wildman–Crippen MR) is 307 cm³/mol. The maximum absolute atomic E-state index is 17.3. The number of hydrogen-bond donors (Lipinski definition) is 3. The van der Waals surface area contributed by atoms with Crippen molar-refractivity contribution < 1.29 is 51.8 Å². The molecule has 0 saturated carbocycles. The summed E-state index contributed by atoms with van der Waals surface area (Å²) in [6, 6.07) is 20.7. The van der Waals surface area contributed by atoms with Crippen LogP contribution in [0.15, 0.2) is 95.2 Å². The van der Waals surface area contributed by atoms with Gasteiger partial charge in [-0.05, 0) is 83.4 Å². The van der Waals surface area contributed by atoms with Gasteiger partial charge < -0.3 is 44.2 Å². The number of nitriles is 1. The van der Waals surface area contributed by atoms with Crippen LogP contribution in [-0.4, -0.2) is 146 Å². The molecule has 3 aliphatic rings. The maximum atomic E-state index is 17.3. The number of thiazole rings is 1. The van der Waals surface area contributed by atoms with Crippen molar-refractivity contribution >= 4 is 68.2 Å². The minimum absolute atomic E-state index is 0.00152. The number of anilines is 1. The van der Waals surface area contributed by atoms with E-state index in [9.17, 15) is 34.2 Å². The molecule has 0 spiro atoms. The lowest BCUT2D eigenvalue weighted by Crippen LogP contribution is -2.55. The highest BCUT2D eigenvalue weighted by molar-refractivity contribution is 7.13. The number of nitrogens with zero attached hydrogens (tertiary/aromatic N) is 9. The molecule has 0 unspecified atom stereocenters. The van der Waals surface area contributed by atoms with E-state index in [2.05, 4.69) is 33.1 Å². The number of aryl methyl sites for hydroxylation is 1. The van der Waals surface area contributed by atoms with Crippen molar-refractivity contribution in [1.29, 1.82) is 5.26 Å². The number of aliphatic hydroxyl groups excluding tert-OH is 1. The average molecular weight is 1180 g/mol. The van der Waals surface area contributed by atoms with Crippen molar-refractivity contribution in [2.24, 2.45) is 5.92 Å². The van der Waals surface area contributed by atoms with Crippen molar-refractivity contribution in [2.75, 3.05) is 63.9 Å². The summed E-state index contributed by atoms with van der Waals surface area (Å²) in [6.45, 7) is 11.3. The van der Waals surface area contributed by atoms with E-state index in [0.29, 0.717) is 36.0 Å². The molecule has 434 valence electrons. The normalized spacial score (nSPS) is 19.0. The standard InChI is InChI=1S/C60H62ClF3N10O8S/c1-33(2)50(58(79)74-30-42(76)26-47(74)56(77)67-35(4)37-10-12-38(13-11-37)54-36(5)66-32-83-54)48-28-49(70-82-48)81-31-60(64)15-18-71(19-16-60)22-23-80-59-68-53-45(55(69-59)72-20-21-73(57(78)34(3)62)40(29-72)14-17-65)27-46(61)51(52(53)63)44-25-41(75)24-39-8-6-7-9-43(39)44/h6-13,24-25,27-28,32-33,35,40,42,47,50,75-76H,3,14-16,18-23,26,29-31H2,1-2,4-5H3,(H,67,77)/t35-,40-,42+,47-,50+/m0/s1. The van der Waals surface area contributed by atoms with E-state index >= 15 is 8.78 Å². The minimum Gasteiger partial charge on any atom is -0.508 e. The fourth-order valence-corrected chi connectivity index (χ4v) is 12.5. The molecule has 0 aliphatic carbocycles. The number of hydrogen-bond acceptors (Lipinski definition) is 16. The Labute approximate surface area is 486 Å². The molecular weight excluding hydrogens is 1110 g/mol. The molecule has 3 fully saturated rings. The third-order valence-corrected chi connectivity index (χ3v) is 17.1. The molecule has 7 aromatic rings. The summed E-state index contributed by atoms with van der Waals surface area (Å²) in [6.07, 6.45) is -0.823. The molecule has 3 N–H and O–H groups in total. The van der Waals surface area contributed by atoms with Gasteiger partial charge in [0.15, 0.2) is 17.4 Å². The maximum Gasteiger partial charge on any atom is 0.319 e. The molecule has 23 heteroatoms. The zero-order valence-electron chi connectivity index (χ0n) is 46.2. The van der Waals surface area contributed by atoms with Gasteiger partial charge in [0.05, 0.1) is 51.8 Å². The zero-order chi connectivity index (χ0) is 58.9. The summed E-state index contributed by atoms with van der Waals surface area (Å²) >= 11 is 8.47. The van der Waals surface area contributed by atoms with E-state index in [1.165, 1.54) is 28.0 Å². The number of rotatable bonds is 18. The lowest BCUT2D eigenvalue weighted by molar-refractivity contribution is -0.141. The topological polar surface area (TPSA) is 224 Å². The highest BCUT2D eigenvalue weighted by atomic mass is 35.5. The number of aromatic nitrogens is 4. The second kappa shape index (κ2) is 24.5. The van der Waals surface area contributed by atoms with Crippen LogP contribution in [0.25, 0.3) is 43.2 Å². The monoisotopic (exact) mass is 1170 g/mol. The first-order valence-electron chi connectivity index (χ1n) is 27.4. The first-order chi connectivity index (χ1) is 39.8. The van der Waals surface area contributed by atoms with Crippen LogP contribution in [0, 0.1) is 30.0 Å². The molecule has 0 radical (unpaired) electrons. The molecule has 3 aliphatic heterocycles. The van der Waals surface area contributed by atoms with Crippen LogP contribution in [0.2, 0.25) is 5.02 Å². The average Bonchev–Trinajstić information content (AvgIpc) is 3.68. The molecule has 6 heterocycles. The smallest absolute Gasteiger partial charge is 0.319 e. The molecule has 5 atom stereocenters. The number of likely N-dealkylation sites (tertiary alicyclic amines) is 2.